The van der Waals surface area contributed by atoms with E-state index in [4.69, 9.17) is 0 Å². The maximum Gasteiger partial charge on any atom is 0.0348 e. The van der Waals surface area contributed by atoms with Gasteiger partial charge in [-0.3, -0.25) is 0 Å². The van der Waals surface area contributed by atoms with Crippen LogP contribution in [-0.2, 0) is 5.41 Å². The summed E-state index contributed by atoms with van der Waals surface area (Å²) in [6.45, 7) is 10.2. The van der Waals surface area contributed by atoms with Crippen molar-refractivity contribution in [1.29, 1.82) is 0 Å². The summed E-state index contributed by atoms with van der Waals surface area (Å²) in [7, 11) is 0. The Kier molecular flexibility index (Phi) is 3.66. The molecule has 0 aliphatic heterocycles. The Hall–Kier alpha value is -0.820. The van der Waals surface area contributed by atoms with Gasteiger partial charge in [0.05, 0.1) is 0 Å². The molecule has 0 aromatic heterocycles. The van der Waals surface area contributed by atoms with Crippen LogP contribution >= 0.6 is 0 Å². The fraction of sp³-hybridized carbons (Fsp3) is 0.684. The smallest absolute Gasteiger partial charge is 0.0348 e. The molecular formula is C19H29N. The molecule has 2 aliphatic carbocycles. The highest BCUT2D eigenvalue weighted by atomic mass is 14.9. The first-order chi connectivity index (χ1) is 9.49. The second-order valence-electron chi connectivity index (χ2n) is 7.89. The Balaban J connectivity index is 1.77. The molecule has 2 fully saturated rings. The van der Waals surface area contributed by atoms with Crippen molar-refractivity contribution in [2.24, 2.45) is 17.8 Å². The molecule has 0 spiro atoms. The van der Waals surface area contributed by atoms with Crippen molar-refractivity contribution < 1.29 is 0 Å². The molecule has 0 heterocycles. The lowest BCUT2D eigenvalue weighted by Crippen LogP contribution is -2.27. The van der Waals surface area contributed by atoms with Crippen molar-refractivity contribution in [2.75, 3.05) is 6.54 Å². The zero-order valence-corrected chi connectivity index (χ0v) is 13.4. The molecule has 2 saturated carbocycles. The van der Waals surface area contributed by atoms with Gasteiger partial charge in [-0.1, -0.05) is 52.0 Å². The Bertz CT molecular complexity index is 444. The van der Waals surface area contributed by atoms with Gasteiger partial charge in [0.25, 0.3) is 0 Å². The molecule has 1 aromatic rings. The summed E-state index contributed by atoms with van der Waals surface area (Å²) in [6.07, 6.45) is 4.41. The summed E-state index contributed by atoms with van der Waals surface area (Å²) in [4.78, 5) is 0. The van der Waals surface area contributed by atoms with Gasteiger partial charge in [-0.15, -0.1) is 0 Å². The van der Waals surface area contributed by atoms with Crippen LogP contribution in [0.3, 0.4) is 0 Å². The third-order valence-corrected chi connectivity index (χ3v) is 5.31. The SMILES string of the molecule is CCNC(c1ccc(C(C)(C)C)cc1)C1CC2CC2C1. The lowest BCUT2D eigenvalue weighted by molar-refractivity contribution is 0.346. The fourth-order valence-electron chi connectivity index (χ4n) is 4.00. The van der Waals surface area contributed by atoms with Gasteiger partial charge >= 0.3 is 0 Å². The highest BCUT2D eigenvalue weighted by Crippen LogP contribution is 2.57. The summed E-state index contributed by atoms with van der Waals surface area (Å²) < 4.78 is 0. The zero-order chi connectivity index (χ0) is 14.3. The molecule has 3 rings (SSSR count). The predicted molar refractivity (Wildman–Crippen MR) is 85.9 cm³/mol. The quantitative estimate of drug-likeness (QED) is 0.838. The van der Waals surface area contributed by atoms with E-state index >= 15 is 0 Å². The first kappa shape index (κ1) is 14.1. The van der Waals surface area contributed by atoms with Crippen LogP contribution in [-0.4, -0.2) is 6.54 Å². The van der Waals surface area contributed by atoms with E-state index in [1.807, 2.05) is 0 Å². The summed E-state index contributed by atoms with van der Waals surface area (Å²) in [6, 6.07) is 9.95. The topological polar surface area (TPSA) is 12.0 Å². The third-order valence-electron chi connectivity index (χ3n) is 5.31. The number of rotatable bonds is 4. The molecule has 3 atom stereocenters. The highest BCUT2D eigenvalue weighted by Gasteiger charge is 2.47. The number of hydrogen-bond donors (Lipinski definition) is 1. The van der Waals surface area contributed by atoms with Crippen LogP contribution in [0, 0.1) is 17.8 Å². The number of hydrogen-bond acceptors (Lipinski definition) is 1. The maximum atomic E-state index is 3.74. The van der Waals surface area contributed by atoms with Crippen molar-refractivity contribution in [3.63, 3.8) is 0 Å². The fourth-order valence-corrected chi connectivity index (χ4v) is 4.00. The number of benzene rings is 1. The second-order valence-corrected chi connectivity index (χ2v) is 7.89. The van der Waals surface area contributed by atoms with Crippen molar-refractivity contribution >= 4 is 0 Å². The van der Waals surface area contributed by atoms with Crippen LogP contribution in [0.4, 0.5) is 0 Å². The van der Waals surface area contributed by atoms with Crippen molar-refractivity contribution in [3.8, 4) is 0 Å². The van der Waals surface area contributed by atoms with Crippen LogP contribution in [0.25, 0.3) is 0 Å². The van der Waals surface area contributed by atoms with E-state index in [0.29, 0.717) is 6.04 Å². The predicted octanol–water partition coefficient (Wildman–Crippen LogP) is 4.68. The van der Waals surface area contributed by atoms with Gasteiger partial charge in [0.2, 0.25) is 0 Å². The van der Waals surface area contributed by atoms with Gasteiger partial charge in [-0.05, 0) is 60.1 Å². The standard InChI is InChI=1S/C19H29N/c1-5-20-18(16-11-14-10-15(14)12-16)13-6-8-17(9-7-13)19(2,3)4/h6-9,14-16,18,20H,5,10-12H2,1-4H3. The molecule has 1 heteroatoms. The molecule has 0 bridgehead atoms. The van der Waals surface area contributed by atoms with E-state index in [0.717, 1.165) is 24.3 Å². The Labute approximate surface area is 124 Å². The van der Waals surface area contributed by atoms with Gasteiger partial charge in [0, 0.05) is 6.04 Å². The van der Waals surface area contributed by atoms with E-state index in [-0.39, 0.29) is 5.41 Å². The average molecular weight is 271 g/mol. The summed E-state index contributed by atoms with van der Waals surface area (Å²) in [5, 5.41) is 3.74. The van der Waals surface area contributed by atoms with E-state index in [1.54, 1.807) is 0 Å². The van der Waals surface area contributed by atoms with Crippen molar-refractivity contribution in [3.05, 3.63) is 35.4 Å². The minimum Gasteiger partial charge on any atom is -0.310 e. The summed E-state index contributed by atoms with van der Waals surface area (Å²) >= 11 is 0. The Morgan fingerprint density at radius 2 is 1.65 bits per heavy atom. The third kappa shape index (κ3) is 2.79. The van der Waals surface area contributed by atoms with E-state index in [9.17, 15) is 0 Å². The molecule has 3 unspecified atom stereocenters. The van der Waals surface area contributed by atoms with Gasteiger partial charge < -0.3 is 5.32 Å². The molecule has 2 aliphatic rings. The van der Waals surface area contributed by atoms with E-state index in [1.165, 1.54) is 30.4 Å². The molecular weight excluding hydrogens is 242 g/mol. The molecule has 1 aromatic carbocycles. The Morgan fingerprint density at radius 3 is 2.15 bits per heavy atom. The first-order valence-electron chi connectivity index (χ1n) is 8.33. The van der Waals surface area contributed by atoms with Gasteiger partial charge in [0.1, 0.15) is 0 Å². The summed E-state index contributed by atoms with van der Waals surface area (Å²) in [5.41, 5.74) is 3.18. The second kappa shape index (κ2) is 5.18. The van der Waals surface area contributed by atoms with Crippen LogP contribution in [0.15, 0.2) is 24.3 Å². The average Bonchev–Trinajstić information content (AvgIpc) is 3.02. The molecule has 1 N–H and O–H groups in total. The first-order valence-corrected chi connectivity index (χ1v) is 8.33. The molecule has 20 heavy (non-hydrogen) atoms. The van der Waals surface area contributed by atoms with Crippen LogP contribution in [0.2, 0.25) is 0 Å². The van der Waals surface area contributed by atoms with Gasteiger partial charge in [-0.2, -0.15) is 0 Å². The lowest BCUT2D eigenvalue weighted by Gasteiger charge is -2.27. The van der Waals surface area contributed by atoms with Crippen LogP contribution < -0.4 is 5.32 Å². The van der Waals surface area contributed by atoms with Gasteiger partial charge in [-0.25, -0.2) is 0 Å². The minimum atomic E-state index is 0.251. The van der Waals surface area contributed by atoms with Crippen LogP contribution in [0.1, 0.15) is 64.1 Å². The normalized spacial score (nSPS) is 30.1. The lowest BCUT2D eigenvalue weighted by atomic mass is 9.84. The molecule has 0 amide bonds. The van der Waals surface area contributed by atoms with Crippen LogP contribution in [0.5, 0.6) is 0 Å². The van der Waals surface area contributed by atoms with Gasteiger partial charge in [0.15, 0.2) is 0 Å². The molecule has 1 nitrogen and oxygen atoms in total. The van der Waals surface area contributed by atoms with Crippen molar-refractivity contribution in [2.45, 2.75) is 58.4 Å². The number of fused-ring (bicyclic) bond motifs is 1. The summed E-state index contributed by atoms with van der Waals surface area (Å²) in [5.74, 6) is 2.99. The maximum absolute atomic E-state index is 3.74. The minimum absolute atomic E-state index is 0.251. The van der Waals surface area contributed by atoms with Crippen molar-refractivity contribution in [1.82, 2.24) is 5.32 Å². The largest absolute Gasteiger partial charge is 0.310 e. The molecule has 0 saturated heterocycles. The molecule has 110 valence electrons. The monoisotopic (exact) mass is 271 g/mol. The molecule has 0 radical (unpaired) electrons. The highest BCUT2D eigenvalue weighted by molar-refractivity contribution is 5.30. The van der Waals surface area contributed by atoms with E-state index < -0.39 is 0 Å². The van der Waals surface area contributed by atoms with E-state index in [2.05, 4.69) is 57.3 Å². The Morgan fingerprint density at radius 1 is 1.05 bits per heavy atom. The zero-order valence-electron chi connectivity index (χ0n) is 13.4. The number of nitrogens with one attached hydrogen (secondary N) is 1.